The van der Waals surface area contributed by atoms with Crippen molar-refractivity contribution in [2.24, 2.45) is 0 Å². The maximum Gasteiger partial charge on any atom is 0.307 e. The van der Waals surface area contributed by atoms with Gasteiger partial charge in [0.25, 0.3) is 10.0 Å². The van der Waals surface area contributed by atoms with Crippen LogP contribution in [0.4, 0.5) is 10.1 Å². The highest BCUT2D eigenvalue weighted by Crippen LogP contribution is 2.43. The van der Waals surface area contributed by atoms with Crippen molar-refractivity contribution in [3.63, 3.8) is 0 Å². The second-order valence-electron chi connectivity index (χ2n) is 14.2. The maximum atomic E-state index is 13.7. The first kappa shape index (κ1) is 45.5. The molecule has 0 heterocycles. The van der Waals surface area contributed by atoms with E-state index in [1.165, 1.54) is 113 Å². The SMILES string of the molecule is CC1=C(CC(=O)O)c2cc(F)ccc2/C1=C\c1ccc([S+](C)[O-])cc1.CCCCCCCCCCCCCCCCCC(=O)NS(=O)(=O)c1ccc(N)cc1. The van der Waals surface area contributed by atoms with Crippen molar-refractivity contribution < 1.29 is 32.1 Å². The molecule has 1 amide bonds. The van der Waals surface area contributed by atoms with Crippen LogP contribution in [0.25, 0.3) is 17.2 Å². The molecule has 1 atom stereocenters. The molecule has 1 unspecified atom stereocenters. The average Bonchev–Trinajstić information content (AvgIpc) is 3.38. The summed E-state index contributed by atoms with van der Waals surface area (Å²) >= 11 is -1.04. The monoisotopic (exact) mass is 794 g/mol. The molecule has 1 aliphatic rings. The van der Waals surface area contributed by atoms with Crippen LogP contribution in [0.1, 0.15) is 140 Å². The minimum atomic E-state index is -3.80. The van der Waals surface area contributed by atoms with Crippen LogP contribution in [0, 0.1) is 5.82 Å². The topological polar surface area (TPSA) is 150 Å². The molecule has 0 aliphatic heterocycles. The van der Waals surface area contributed by atoms with Crippen LogP contribution in [-0.2, 0) is 30.8 Å². The van der Waals surface area contributed by atoms with Crippen LogP contribution in [0.3, 0.4) is 0 Å². The predicted octanol–water partition coefficient (Wildman–Crippen LogP) is 10.7. The van der Waals surface area contributed by atoms with Gasteiger partial charge in [-0.15, -0.1) is 0 Å². The second kappa shape index (κ2) is 23.9. The minimum absolute atomic E-state index is 0.0570. The zero-order chi connectivity index (χ0) is 40.2. The minimum Gasteiger partial charge on any atom is -0.612 e. The summed E-state index contributed by atoms with van der Waals surface area (Å²) in [4.78, 5) is 23.9. The largest absolute Gasteiger partial charge is 0.612 e. The van der Waals surface area contributed by atoms with Crippen LogP contribution in [0.5, 0.6) is 0 Å². The number of nitrogens with one attached hydrogen (secondary N) is 1. The Labute approximate surface area is 331 Å². The van der Waals surface area contributed by atoms with E-state index in [4.69, 9.17) is 10.8 Å². The summed E-state index contributed by atoms with van der Waals surface area (Å²) in [7, 11) is -3.80. The Morgan fingerprint density at radius 2 is 1.33 bits per heavy atom. The molecule has 55 heavy (non-hydrogen) atoms. The van der Waals surface area contributed by atoms with Crippen LogP contribution in [0.2, 0.25) is 0 Å². The van der Waals surface area contributed by atoms with Gasteiger partial charge in [0.05, 0.1) is 11.3 Å². The van der Waals surface area contributed by atoms with Gasteiger partial charge >= 0.3 is 5.97 Å². The number of nitrogen functional groups attached to an aromatic ring is 1. The second-order valence-corrected chi connectivity index (χ2v) is 17.3. The molecule has 3 aromatic rings. The van der Waals surface area contributed by atoms with Gasteiger partial charge in [0, 0.05) is 12.1 Å². The number of hydrogen-bond donors (Lipinski definition) is 3. The maximum absolute atomic E-state index is 13.7. The molecule has 4 rings (SSSR count). The third-order valence-corrected chi connectivity index (χ3v) is 12.1. The molecule has 0 saturated heterocycles. The van der Waals surface area contributed by atoms with Crippen molar-refractivity contribution in [2.75, 3.05) is 12.0 Å². The number of amides is 1. The standard InChI is InChI=1S/C24H42N2O3S.C20H17FO3S/c1-2-3-4-5-6-7-8-9-10-11-12-13-14-15-16-17-24(27)26-30(28,29)23-20-18-22(25)19-21-23;1-12-17(9-13-3-6-15(7-4-13)25(2)24)16-8-5-14(21)10-19(16)18(12)11-20(22)23/h18-21H,2-17,25H2,1H3,(H,26,27);3-10H,11H2,1-2H3,(H,22,23)/b;17-9-. The molecule has 8 nitrogen and oxygen atoms in total. The number of carbonyl (C=O) groups excluding carboxylic acids is 1. The van der Waals surface area contributed by atoms with E-state index in [1.54, 1.807) is 24.5 Å². The van der Waals surface area contributed by atoms with Crippen LogP contribution >= 0.6 is 0 Å². The third-order valence-electron chi connectivity index (χ3n) is 9.75. The average molecular weight is 795 g/mol. The number of benzene rings is 3. The van der Waals surface area contributed by atoms with Gasteiger partial charge in [-0.25, -0.2) is 17.5 Å². The fraction of sp³-hybridized carbons (Fsp3) is 0.455. The van der Waals surface area contributed by atoms with E-state index < -0.39 is 33.1 Å². The van der Waals surface area contributed by atoms with Gasteiger partial charge in [-0.2, -0.15) is 0 Å². The van der Waals surface area contributed by atoms with E-state index in [0.29, 0.717) is 16.8 Å². The molecule has 0 spiro atoms. The number of carboxylic acid groups (broad SMARTS) is 1. The van der Waals surface area contributed by atoms with Crippen molar-refractivity contribution in [3.8, 4) is 0 Å². The molecule has 0 radical (unpaired) electrons. The number of aliphatic carboxylic acids is 1. The number of fused-ring (bicyclic) bond motifs is 1. The van der Waals surface area contributed by atoms with E-state index in [1.807, 2.05) is 25.1 Å². The Morgan fingerprint density at radius 3 is 1.84 bits per heavy atom. The first-order valence-electron chi connectivity index (χ1n) is 19.6. The Kier molecular flexibility index (Phi) is 19.7. The van der Waals surface area contributed by atoms with Gasteiger partial charge in [-0.1, -0.05) is 103 Å². The van der Waals surface area contributed by atoms with Gasteiger partial charge in [0.15, 0.2) is 4.90 Å². The van der Waals surface area contributed by atoms with Gasteiger partial charge < -0.3 is 15.4 Å². The zero-order valence-corrected chi connectivity index (χ0v) is 34.3. The molecule has 0 fully saturated rings. The van der Waals surface area contributed by atoms with Crippen molar-refractivity contribution in [3.05, 3.63) is 94.8 Å². The fourth-order valence-electron chi connectivity index (χ4n) is 6.62. The molecule has 0 bridgehead atoms. The summed E-state index contributed by atoms with van der Waals surface area (Å²) < 4.78 is 51.6. The summed E-state index contributed by atoms with van der Waals surface area (Å²) in [5.41, 5.74) is 10.8. The Balaban J connectivity index is 0.000000299. The highest BCUT2D eigenvalue weighted by Gasteiger charge is 2.25. The number of anilines is 1. The number of carbonyl (C=O) groups is 2. The lowest BCUT2D eigenvalue weighted by atomic mass is 10.0. The Bertz CT molecular complexity index is 1840. The summed E-state index contributed by atoms with van der Waals surface area (Å²) in [6, 6.07) is 17.6. The number of unbranched alkanes of at least 4 members (excludes halogenated alkanes) is 14. The summed E-state index contributed by atoms with van der Waals surface area (Å²) in [6.07, 6.45) is 22.6. The summed E-state index contributed by atoms with van der Waals surface area (Å²) in [5, 5.41) is 9.17. The number of allylic oxidation sites excluding steroid dienone is 2. The van der Waals surface area contributed by atoms with Gasteiger partial charge in [0.2, 0.25) is 5.91 Å². The molecular formula is C44H59FN2O6S2. The molecule has 1 aliphatic carbocycles. The van der Waals surface area contributed by atoms with Crippen LogP contribution in [-0.4, -0.2) is 36.2 Å². The van der Waals surface area contributed by atoms with E-state index in [2.05, 4.69) is 11.6 Å². The molecule has 11 heteroatoms. The van der Waals surface area contributed by atoms with Crippen molar-refractivity contribution in [1.29, 1.82) is 0 Å². The third kappa shape index (κ3) is 16.0. The van der Waals surface area contributed by atoms with Crippen LogP contribution < -0.4 is 10.5 Å². The summed E-state index contributed by atoms with van der Waals surface area (Å²) in [6.45, 7) is 4.12. The van der Waals surface area contributed by atoms with Crippen LogP contribution in [0.15, 0.2) is 82.1 Å². The van der Waals surface area contributed by atoms with Gasteiger partial charge in [-0.05, 0) is 125 Å². The lowest BCUT2D eigenvalue weighted by Gasteiger charge is -2.07. The van der Waals surface area contributed by atoms with Gasteiger partial charge in [-0.3, -0.25) is 9.59 Å². The molecule has 4 N–H and O–H groups in total. The van der Waals surface area contributed by atoms with Gasteiger partial charge in [0.1, 0.15) is 12.1 Å². The number of sulfonamides is 1. The van der Waals surface area contributed by atoms with Crippen molar-refractivity contribution in [2.45, 2.75) is 133 Å². The molecule has 3 aromatic carbocycles. The highest BCUT2D eigenvalue weighted by atomic mass is 32.2. The van der Waals surface area contributed by atoms with E-state index in [9.17, 15) is 27.0 Å². The zero-order valence-electron chi connectivity index (χ0n) is 32.7. The number of hydrogen-bond acceptors (Lipinski definition) is 6. The summed E-state index contributed by atoms with van der Waals surface area (Å²) in [5.74, 6) is -1.77. The quantitative estimate of drug-likeness (QED) is 0.0520. The normalized spacial score (nSPS) is 13.7. The molecular weight excluding hydrogens is 736 g/mol. The molecule has 300 valence electrons. The number of rotatable bonds is 22. The molecule has 0 saturated carbocycles. The first-order valence-corrected chi connectivity index (χ1v) is 22.6. The first-order chi connectivity index (χ1) is 26.3. The Hall–Kier alpha value is -3.93. The molecule has 0 aromatic heterocycles. The van der Waals surface area contributed by atoms with E-state index in [-0.39, 0.29) is 23.6 Å². The number of nitrogens with two attached hydrogens (primary N) is 1. The number of carboxylic acids is 1. The smallest absolute Gasteiger partial charge is 0.307 e. The highest BCUT2D eigenvalue weighted by molar-refractivity contribution is 7.90. The fourth-order valence-corrected chi connectivity index (χ4v) is 8.15. The predicted molar refractivity (Wildman–Crippen MR) is 224 cm³/mol. The van der Waals surface area contributed by atoms with Crippen molar-refractivity contribution in [1.82, 2.24) is 4.72 Å². The number of halogens is 1. The van der Waals surface area contributed by atoms with E-state index >= 15 is 0 Å². The lowest BCUT2D eigenvalue weighted by Crippen LogP contribution is -2.30. The van der Waals surface area contributed by atoms with E-state index in [0.717, 1.165) is 46.4 Å². The van der Waals surface area contributed by atoms with Crippen molar-refractivity contribution >= 4 is 56.0 Å². The lowest BCUT2D eigenvalue weighted by molar-refractivity contribution is -0.135. The Morgan fingerprint density at radius 1 is 0.800 bits per heavy atom.